The summed E-state index contributed by atoms with van der Waals surface area (Å²) in [7, 11) is 0. The fourth-order valence-corrected chi connectivity index (χ4v) is 3.74. The van der Waals surface area contributed by atoms with Gasteiger partial charge in [-0.25, -0.2) is 0 Å². The molecule has 3 nitrogen and oxygen atoms in total. The van der Waals surface area contributed by atoms with Crippen molar-refractivity contribution in [3.05, 3.63) is 0 Å². The van der Waals surface area contributed by atoms with Crippen molar-refractivity contribution in [3.63, 3.8) is 0 Å². The van der Waals surface area contributed by atoms with Crippen LogP contribution >= 0.6 is 0 Å². The Labute approximate surface area is 91.0 Å². The molecule has 0 aromatic heterocycles. The number of nitrogens with two attached hydrogens (primary N) is 1. The summed E-state index contributed by atoms with van der Waals surface area (Å²) in [4.78, 5) is 10.9. The Hall–Kier alpha value is -0.570. The van der Waals surface area contributed by atoms with Crippen molar-refractivity contribution < 1.29 is 9.90 Å². The molecule has 0 saturated heterocycles. The minimum absolute atomic E-state index is 0.125. The Balaban J connectivity index is 2.06. The standard InChI is InChI=1S/C12H21NO2/c13-8-10-3-5-12(7-11(14)15)4-1-2-9(10)6-12/h9-10H,1-8,13H2,(H,14,15). The second kappa shape index (κ2) is 4.12. The van der Waals surface area contributed by atoms with Crippen molar-refractivity contribution in [3.8, 4) is 0 Å². The minimum Gasteiger partial charge on any atom is -0.481 e. The number of carbonyl (C=O) groups is 1. The molecule has 3 heteroatoms. The molecule has 3 atom stereocenters. The molecule has 0 spiro atoms. The van der Waals surface area contributed by atoms with Gasteiger partial charge in [0.2, 0.25) is 0 Å². The van der Waals surface area contributed by atoms with Crippen LogP contribution in [0.5, 0.6) is 0 Å². The zero-order valence-corrected chi connectivity index (χ0v) is 9.24. The molecule has 2 aliphatic rings. The van der Waals surface area contributed by atoms with Gasteiger partial charge in [-0.2, -0.15) is 0 Å². The predicted octanol–water partition coefficient (Wildman–Crippen LogP) is 2.01. The van der Waals surface area contributed by atoms with Crippen molar-refractivity contribution in [1.29, 1.82) is 0 Å². The van der Waals surface area contributed by atoms with Gasteiger partial charge in [-0.05, 0) is 49.5 Å². The van der Waals surface area contributed by atoms with Crippen LogP contribution < -0.4 is 5.73 Å². The van der Waals surface area contributed by atoms with Gasteiger partial charge in [0, 0.05) is 0 Å². The van der Waals surface area contributed by atoms with E-state index in [-0.39, 0.29) is 5.41 Å². The average molecular weight is 211 g/mol. The zero-order chi connectivity index (χ0) is 10.9. The van der Waals surface area contributed by atoms with Crippen LogP contribution in [-0.4, -0.2) is 17.6 Å². The molecule has 2 rings (SSSR count). The van der Waals surface area contributed by atoms with E-state index >= 15 is 0 Å². The van der Waals surface area contributed by atoms with Crippen LogP contribution in [0.2, 0.25) is 0 Å². The monoisotopic (exact) mass is 211 g/mol. The Kier molecular flexibility index (Phi) is 3.01. The summed E-state index contributed by atoms with van der Waals surface area (Å²) in [6, 6.07) is 0. The third-order valence-electron chi connectivity index (χ3n) is 4.52. The van der Waals surface area contributed by atoms with Crippen LogP contribution in [0, 0.1) is 17.3 Å². The van der Waals surface area contributed by atoms with Crippen molar-refractivity contribution in [2.24, 2.45) is 23.0 Å². The summed E-state index contributed by atoms with van der Waals surface area (Å²) in [5.41, 5.74) is 5.89. The molecule has 0 aromatic rings. The first kappa shape index (κ1) is 10.9. The highest BCUT2D eigenvalue weighted by Crippen LogP contribution is 2.52. The summed E-state index contributed by atoms with van der Waals surface area (Å²) in [6.45, 7) is 0.786. The van der Waals surface area contributed by atoms with Crippen LogP contribution in [0.4, 0.5) is 0 Å². The van der Waals surface area contributed by atoms with E-state index in [1.807, 2.05) is 0 Å². The van der Waals surface area contributed by atoms with E-state index in [0.717, 1.165) is 32.2 Å². The van der Waals surface area contributed by atoms with Gasteiger partial charge in [0.15, 0.2) is 0 Å². The van der Waals surface area contributed by atoms with E-state index in [1.54, 1.807) is 0 Å². The molecular formula is C12H21NO2. The highest BCUT2D eigenvalue weighted by atomic mass is 16.4. The number of hydrogen-bond donors (Lipinski definition) is 2. The zero-order valence-electron chi connectivity index (χ0n) is 9.24. The van der Waals surface area contributed by atoms with E-state index in [2.05, 4.69) is 0 Å². The molecule has 2 aliphatic carbocycles. The normalized spacial score (nSPS) is 40.1. The molecule has 86 valence electrons. The lowest BCUT2D eigenvalue weighted by Gasteiger charge is -2.48. The minimum atomic E-state index is -0.623. The highest BCUT2D eigenvalue weighted by Gasteiger charge is 2.43. The molecule has 2 saturated carbocycles. The molecule has 3 N–H and O–H groups in total. The fraction of sp³-hybridized carbons (Fsp3) is 0.917. The first-order valence-electron chi connectivity index (χ1n) is 6.07. The van der Waals surface area contributed by atoms with E-state index in [9.17, 15) is 4.79 Å². The lowest BCUT2D eigenvalue weighted by molar-refractivity contribution is -0.142. The van der Waals surface area contributed by atoms with Crippen LogP contribution in [0.1, 0.15) is 44.9 Å². The van der Waals surface area contributed by atoms with Crippen molar-refractivity contribution in [2.45, 2.75) is 44.9 Å². The van der Waals surface area contributed by atoms with E-state index in [1.165, 1.54) is 12.8 Å². The largest absolute Gasteiger partial charge is 0.481 e. The van der Waals surface area contributed by atoms with E-state index in [0.29, 0.717) is 18.3 Å². The Morgan fingerprint density at radius 2 is 2.20 bits per heavy atom. The quantitative estimate of drug-likeness (QED) is 0.750. The third kappa shape index (κ3) is 2.17. The summed E-state index contributed by atoms with van der Waals surface area (Å²) < 4.78 is 0. The maximum absolute atomic E-state index is 10.9. The second-order valence-corrected chi connectivity index (χ2v) is 5.46. The second-order valence-electron chi connectivity index (χ2n) is 5.46. The van der Waals surface area contributed by atoms with Gasteiger partial charge in [-0.1, -0.05) is 12.8 Å². The first-order chi connectivity index (χ1) is 7.15. The smallest absolute Gasteiger partial charge is 0.303 e. The van der Waals surface area contributed by atoms with Crippen molar-refractivity contribution >= 4 is 5.97 Å². The molecule has 3 unspecified atom stereocenters. The van der Waals surface area contributed by atoms with Gasteiger partial charge in [0.25, 0.3) is 0 Å². The number of carboxylic acid groups (broad SMARTS) is 1. The van der Waals surface area contributed by atoms with Crippen molar-refractivity contribution in [1.82, 2.24) is 0 Å². The van der Waals surface area contributed by atoms with Crippen LogP contribution in [0.25, 0.3) is 0 Å². The van der Waals surface area contributed by atoms with Gasteiger partial charge in [-0.3, -0.25) is 4.79 Å². The molecule has 0 aromatic carbocycles. The fourth-order valence-electron chi connectivity index (χ4n) is 3.74. The van der Waals surface area contributed by atoms with Crippen LogP contribution in [0.15, 0.2) is 0 Å². The van der Waals surface area contributed by atoms with Crippen molar-refractivity contribution in [2.75, 3.05) is 6.54 Å². The summed E-state index contributed by atoms with van der Waals surface area (Å²) in [5.74, 6) is 0.742. The number of aliphatic carboxylic acids is 1. The van der Waals surface area contributed by atoms with Crippen LogP contribution in [0.3, 0.4) is 0 Å². The lowest BCUT2D eigenvalue weighted by Crippen LogP contribution is -2.41. The van der Waals surface area contributed by atoms with Crippen LogP contribution in [-0.2, 0) is 4.79 Å². The molecule has 0 amide bonds. The molecule has 0 aliphatic heterocycles. The van der Waals surface area contributed by atoms with E-state index < -0.39 is 5.97 Å². The van der Waals surface area contributed by atoms with Gasteiger partial charge in [0.05, 0.1) is 6.42 Å². The third-order valence-corrected chi connectivity index (χ3v) is 4.52. The maximum Gasteiger partial charge on any atom is 0.303 e. The summed E-state index contributed by atoms with van der Waals surface area (Å²) in [5, 5.41) is 8.97. The molecular weight excluding hydrogens is 190 g/mol. The Bertz CT molecular complexity index is 254. The molecule has 2 bridgehead atoms. The first-order valence-corrected chi connectivity index (χ1v) is 6.07. The lowest BCUT2D eigenvalue weighted by atomic mass is 9.57. The SMILES string of the molecule is NCC1CCC2(CC(=O)O)CCCC1C2. The highest BCUT2D eigenvalue weighted by molar-refractivity contribution is 5.67. The Morgan fingerprint density at radius 3 is 2.87 bits per heavy atom. The average Bonchev–Trinajstić information content (AvgIpc) is 2.17. The number of carboxylic acids is 1. The number of fused-ring (bicyclic) bond motifs is 2. The van der Waals surface area contributed by atoms with Gasteiger partial charge < -0.3 is 10.8 Å². The summed E-state index contributed by atoms with van der Waals surface area (Å²) in [6.07, 6.45) is 7.30. The van der Waals surface area contributed by atoms with Gasteiger partial charge >= 0.3 is 5.97 Å². The Morgan fingerprint density at radius 1 is 1.40 bits per heavy atom. The summed E-state index contributed by atoms with van der Waals surface area (Å²) >= 11 is 0. The van der Waals surface area contributed by atoms with E-state index in [4.69, 9.17) is 10.8 Å². The van der Waals surface area contributed by atoms with Gasteiger partial charge in [-0.15, -0.1) is 0 Å². The number of hydrogen-bond acceptors (Lipinski definition) is 2. The molecule has 15 heavy (non-hydrogen) atoms. The molecule has 0 radical (unpaired) electrons. The maximum atomic E-state index is 10.9. The topological polar surface area (TPSA) is 63.3 Å². The molecule has 2 fully saturated rings. The number of rotatable bonds is 3. The van der Waals surface area contributed by atoms with Gasteiger partial charge in [0.1, 0.15) is 0 Å². The molecule has 0 heterocycles. The predicted molar refractivity (Wildman–Crippen MR) is 58.4 cm³/mol.